The molecule has 0 bridgehead atoms. The molecule has 3 atom stereocenters. The number of aliphatic imine (C=N–C) groups is 1. The van der Waals surface area contributed by atoms with Crippen LogP contribution in [0.4, 0.5) is 4.79 Å². The van der Waals surface area contributed by atoms with Gasteiger partial charge in [-0.1, -0.05) is 13.8 Å². The third-order valence-electron chi connectivity index (χ3n) is 5.01. The number of carbonyl (C=O) groups excluding carboxylic acids is 1. The van der Waals surface area contributed by atoms with Crippen molar-refractivity contribution < 1.29 is 14.3 Å². The minimum atomic E-state index is -0.470. The number of alkyl carbamates (subject to hydrolysis) is 1. The van der Waals surface area contributed by atoms with Gasteiger partial charge in [0.05, 0.1) is 6.10 Å². The molecule has 7 heteroatoms. The Balaban J connectivity index is 1.76. The van der Waals surface area contributed by atoms with Gasteiger partial charge < -0.3 is 25.4 Å². The van der Waals surface area contributed by atoms with Crippen molar-refractivity contribution in [3.8, 4) is 0 Å². The van der Waals surface area contributed by atoms with Gasteiger partial charge in [0.1, 0.15) is 5.60 Å². The topological polar surface area (TPSA) is 84.0 Å². The summed E-state index contributed by atoms with van der Waals surface area (Å²) in [6.45, 7) is 15.0. The van der Waals surface area contributed by atoms with Crippen molar-refractivity contribution in [1.82, 2.24) is 16.0 Å². The van der Waals surface area contributed by atoms with Crippen LogP contribution in [0.25, 0.3) is 0 Å². The first kappa shape index (κ1) is 20.8. The Labute approximate surface area is 157 Å². The summed E-state index contributed by atoms with van der Waals surface area (Å²) in [5.41, 5.74) is -0.350. The molecule has 3 N–H and O–H groups in total. The van der Waals surface area contributed by atoms with E-state index in [9.17, 15) is 4.79 Å². The fourth-order valence-electron chi connectivity index (χ4n) is 3.86. The monoisotopic (exact) mass is 368 g/mol. The van der Waals surface area contributed by atoms with E-state index in [2.05, 4.69) is 41.7 Å². The quantitative estimate of drug-likeness (QED) is 0.380. The molecule has 26 heavy (non-hydrogen) atoms. The summed E-state index contributed by atoms with van der Waals surface area (Å²) in [5, 5.41) is 9.67. The number of hydrogen-bond donors (Lipinski definition) is 3. The van der Waals surface area contributed by atoms with E-state index in [1.165, 1.54) is 0 Å². The number of nitrogens with zero attached hydrogens (tertiary/aromatic N) is 1. The van der Waals surface area contributed by atoms with Crippen molar-refractivity contribution in [3.05, 3.63) is 0 Å². The highest BCUT2D eigenvalue weighted by molar-refractivity contribution is 5.80. The number of guanidine groups is 1. The van der Waals surface area contributed by atoms with Crippen LogP contribution in [0.1, 0.15) is 54.4 Å². The smallest absolute Gasteiger partial charge is 0.407 e. The van der Waals surface area contributed by atoms with E-state index in [-0.39, 0.29) is 11.5 Å². The zero-order valence-electron chi connectivity index (χ0n) is 17.1. The van der Waals surface area contributed by atoms with Gasteiger partial charge in [-0.3, -0.25) is 4.99 Å². The van der Waals surface area contributed by atoms with Gasteiger partial charge in [0.2, 0.25) is 0 Å². The van der Waals surface area contributed by atoms with Crippen molar-refractivity contribution in [3.63, 3.8) is 0 Å². The lowest BCUT2D eigenvalue weighted by atomic mass is 9.57. The highest BCUT2D eigenvalue weighted by atomic mass is 16.6. The lowest BCUT2D eigenvalue weighted by molar-refractivity contribution is -0.106. The maximum absolute atomic E-state index is 11.6. The van der Waals surface area contributed by atoms with E-state index >= 15 is 0 Å². The molecule has 0 aromatic heterocycles. The molecule has 0 aromatic rings. The summed E-state index contributed by atoms with van der Waals surface area (Å²) < 4.78 is 11.1. The fraction of sp³-hybridized carbons (Fsp3) is 0.895. The molecule has 1 saturated heterocycles. The summed E-state index contributed by atoms with van der Waals surface area (Å²) in [5.74, 6) is 1.41. The first-order chi connectivity index (χ1) is 12.1. The van der Waals surface area contributed by atoms with E-state index < -0.39 is 5.60 Å². The summed E-state index contributed by atoms with van der Waals surface area (Å²) >= 11 is 0. The van der Waals surface area contributed by atoms with Crippen LogP contribution in [0.15, 0.2) is 4.99 Å². The molecule has 2 fully saturated rings. The van der Waals surface area contributed by atoms with Gasteiger partial charge in [-0.2, -0.15) is 0 Å². The predicted molar refractivity (Wildman–Crippen MR) is 103 cm³/mol. The number of amides is 1. The van der Waals surface area contributed by atoms with Gasteiger partial charge in [-0.25, -0.2) is 4.79 Å². The third kappa shape index (κ3) is 5.25. The zero-order valence-corrected chi connectivity index (χ0v) is 17.1. The number of hydrogen-bond acceptors (Lipinski definition) is 4. The molecule has 0 radical (unpaired) electrons. The van der Waals surface area contributed by atoms with Gasteiger partial charge in [0.15, 0.2) is 5.96 Å². The van der Waals surface area contributed by atoms with Crippen LogP contribution in [-0.4, -0.2) is 56.0 Å². The average Bonchev–Trinajstić information content (AvgIpc) is 2.97. The molecule has 0 spiro atoms. The Bertz CT molecular complexity index is 513. The minimum absolute atomic E-state index is 0.121. The van der Waals surface area contributed by atoms with Crippen molar-refractivity contribution >= 4 is 12.1 Å². The molecule has 7 nitrogen and oxygen atoms in total. The van der Waals surface area contributed by atoms with Gasteiger partial charge >= 0.3 is 6.09 Å². The largest absolute Gasteiger partial charge is 0.444 e. The zero-order chi connectivity index (χ0) is 19.4. The Morgan fingerprint density at radius 3 is 2.69 bits per heavy atom. The van der Waals surface area contributed by atoms with Crippen molar-refractivity contribution in [2.75, 3.05) is 26.2 Å². The van der Waals surface area contributed by atoms with Crippen LogP contribution < -0.4 is 16.0 Å². The van der Waals surface area contributed by atoms with Crippen LogP contribution in [0, 0.1) is 11.3 Å². The molecule has 3 unspecified atom stereocenters. The molecular formula is C19H36N4O3. The number of fused-ring (bicyclic) bond motifs is 1. The number of nitrogens with one attached hydrogen (secondary N) is 3. The number of carbonyl (C=O) groups is 1. The normalized spacial score (nSPS) is 27.3. The predicted octanol–water partition coefficient (Wildman–Crippen LogP) is 2.27. The maximum atomic E-state index is 11.6. The summed E-state index contributed by atoms with van der Waals surface area (Å²) in [4.78, 5) is 16.3. The Morgan fingerprint density at radius 2 is 2.04 bits per heavy atom. The van der Waals surface area contributed by atoms with Gasteiger partial charge in [0, 0.05) is 43.6 Å². The van der Waals surface area contributed by atoms with Crippen LogP contribution in [0.2, 0.25) is 0 Å². The molecular weight excluding hydrogens is 332 g/mol. The Morgan fingerprint density at radius 1 is 1.31 bits per heavy atom. The highest BCUT2D eigenvalue weighted by Gasteiger charge is 2.59. The molecule has 2 aliphatic rings. The number of ether oxygens (including phenoxy) is 2. The van der Waals surface area contributed by atoms with Crippen LogP contribution in [0.5, 0.6) is 0 Å². The molecule has 1 heterocycles. The molecule has 2 rings (SSSR count). The average molecular weight is 369 g/mol. The van der Waals surface area contributed by atoms with E-state index in [1.54, 1.807) is 0 Å². The van der Waals surface area contributed by atoms with Gasteiger partial charge in [-0.05, 0) is 40.5 Å². The van der Waals surface area contributed by atoms with Crippen molar-refractivity contribution in [2.45, 2.75) is 72.1 Å². The fourth-order valence-corrected chi connectivity index (χ4v) is 3.86. The summed E-state index contributed by atoms with van der Waals surface area (Å²) in [6, 6.07) is 0.382. The molecule has 1 aliphatic heterocycles. The van der Waals surface area contributed by atoms with Gasteiger partial charge in [-0.15, -0.1) is 0 Å². The van der Waals surface area contributed by atoms with E-state index in [0.717, 1.165) is 32.0 Å². The Kier molecular flexibility index (Phi) is 6.77. The van der Waals surface area contributed by atoms with Crippen LogP contribution in [0.3, 0.4) is 0 Å². The number of rotatable bonds is 6. The lowest BCUT2D eigenvalue weighted by Gasteiger charge is -2.54. The van der Waals surface area contributed by atoms with E-state index in [4.69, 9.17) is 9.47 Å². The lowest BCUT2D eigenvalue weighted by Crippen LogP contribution is -2.68. The van der Waals surface area contributed by atoms with E-state index in [0.29, 0.717) is 31.2 Å². The molecule has 1 amide bonds. The second-order valence-corrected chi connectivity index (χ2v) is 8.73. The van der Waals surface area contributed by atoms with Crippen molar-refractivity contribution in [2.24, 2.45) is 16.3 Å². The molecule has 1 saturated carbocycles. The standard InChI is InChI=1S/C19H36N4O3/c1-7-20-16(21-10-8-11-22-17(24)26-18(2,3)4)23-14-13-9-12-25-15(13)19(14,5)6/h13-15H,7-12H2,1-6H3,(H,22,24)(H2,20,21,23). The second-order valence-electron chi connectivity index (χ2n) is 8.73. The minimum Gasteiger partial charge on any atom is -0.444 e. The first-order valence-electron chi connectivity index (χ1n) is 9.78. The van der Waals surface area contributed by atoms with Crippen molar-refractivity contribution in [1.29, 1.82) is 0 Å². The van der Waals surface area contributed by atoms with Crippen LogP contribution in [-0.2, 0) is 9.47 Å². The van der Waals surface area contributed by atoms with Gasteiger partial charge in [0.25, 0.3) is 0 Å². The summed E-state index contributed by atoms with van der Waals surface area (Å²) in [7, 11) is 0. The second kappa shape index (κ2) is 8.46. The third-order valence-corrected chi connectivity index (χ3v) is 5.01. The molecule has 1 aliphatic carbocycles. The maximum Gasteiger partial charge on any atom is 0.407 e. The first-order valence-corrected chi connectivity index (χ1v) is 9.78. The van der Waals surface area contributed by atoms with E-state index in [1.807, 2.05) is 20.8 Å². The SMILES string of the molecule is CCNC(=NCCCNC(=O)OC(C)(C)C)NC1C2CCOC2C1(C)C. The molecule has 0 aromatic carbocycles. The molecule has 150 valence electrons. The Hall–Kier alpha value is -1.50. The van der Waals surface area contributed by atoms with Crippen LogP contribution >= 0.6 is 0 Å². The summed E-state index contributed by atoms with van der Waals surface area (Å²) in [6.07, 6.45) is 1.86. The highest BCUT2D eigenvalue weighted by Crippen LogP contribution is 2.52.